The standard InChI is InChI=1S/C23H24N4O2S2/c1-4-19(21(29)24-18-12-10-15(2)14-16(18)3)30-23-27-26-22(31-23)25-20(28)13-11-17-8-6-5-7-9-17/h5-14,19H,4H2,1-3H3,(H,24,29)(H,25,26,28)/b13-11+. The number of benzene rings is 2. The molecule has 1 unspecified atom stereocenters. The molecular formula is C23H24N4O2S2. The molecule has 0 aliphatic heterocycles. The van der Waals surface area contributed by atoms with Crippen molar-refractivity contribution < 1.29 is 9.59 Å². The summed E-state index contributed by atoms with van der Waals surface area (Å²) in [5.41, 5.74) is 3.92. The highest BCUT2D eigenvalue weighted by Gasteiger charge is 2.21. The molecule has 6 nitrogen and oxygen atoms in total. The summed E-state index contributed by atoms with van der Waals surface area (Å²) in [5, 5.41) is 13.9. The normalized spacial score (nSPS) is 12.0. The lowest BCUT2D eigenvalue weighted by Crippen LogP contribution is -2.24. The number of aromatic nitrogens is 2. The number of amides is 2. The van der Waals surface area contributed by atoms with Gasteiger partial charge in [0.05, 0.1) is 5.25 Å². The lowest BCUT2D eigenvalue weighted by atomic mass is 10.1. The summed E-state index contributed by atoms with van der Waals surface area (Å²) in [6.45, 7) is 5.95. The lowest BCUT2D eigenvalue weighted by Gasteiger charge is -2.14. The van der Waals surface area contributed by atoms with Crippen molar-refractivity contribution in [2.24, 2.45) is 0 Å². The van der Waals surface area contributed by atoms with Gasteiger partial charge in [-0.25, -0.2) is 0 Å². The second kappa shape index (κ2) is 10.9. The number of thioether (sulfide) groups is 1. The third-order valence-corrected chi connectivity index (χ3v) is 6.70. The van der Waals surface area contributed by atoms with Gasteiger partial charge in [-0.1, -0.05) is 78.1 Å². The van der Waals surface area contributed by atoms with Crippen molar-refractivity contribution in [1.82, 2.24) is 10.2 Å². The van der Waals surface area contributed by atoms with Gasteiger partial charge >= 0.3 is 0 Å². The molecule has 0 spiro atoms. The maximum absolute atomic E-state index is 12.7. The van der Waals surface area contributed by atoms with E-state index in [2.05, 4.69) is 20.8 Å². The van der Waals surface area contributed by atoms with E-state index in [-0.39, 0.29) is 17.1 Å². The number of aryl methyl sites for hydroxylation is 2. The van der Waals surface area contributed by atoms with E-state index < -0.39 is 0 Å². The van der Waals surface area contributed by atoms with Gasteiger partial charge in [-0.2, -0.15) is 0 Å². The van der Waals surface area contributed by atoms with Crippen LogP contribution in [0.2, 0.25) is 0 Å². The van der Waals surface area contributed by atoms with Gasteiger partial charge in [-0.3, -0.25) is 14.9 Å². The maximum Gasteiger partial charge on any atom is 0.250 e. The summed E-state index contributed by atoms with van der Waals surface area (Å²) in [5.74, 6) is -0.359. The zero-order valence-corrected chi connectivity index (χ0v) is 19.2. The molecule has 2 amide bonds. The van der Waals surface area contributed by atoms with Crippen LogP contribution in [0.25, 0.3) is 6.08 Å². The Bertz CT molecular complexity index is 1080. The Morgan fingerprint density at radius 2 is 1.87 bits per heavy atom. The largest absolute Gasteiger partial charge is 0.325 e. The Labute approximate surface area is 190 Å². The minimum atomic E-state index is -0.310. The molecule has 31 heavy (non-hydrogen) atoms. The Kier molecular flexibility index (Phi) is 7.97. The molecule has 0 aliphatic rings. The topological polar surface area (TPSA) is 84.0 Å². The van der Waals surface area contributed by atoms with E-state index in [0.29, 0.717) is 15.9 Å². The number of carbonyl (C=O) groups excluding carboxylic acids is 2. The van der Waals surface area contributed by atoms with Crippen molar-refractivity contribution in [1.29, 1.82) is 0 Å². The molecule has 3 aromatic rings. The molecule has 1 atom stereocenters. The zero-order valence-electron chi connectivity index (χ0n) is 17.6. The molecule has 3 rings (SSSR count). The van der Waals surface area contributed by atoms with Crippen LogP contribution in [0.4, 0.5) is 10.8 Å². The van der Waals surface area contributed by atoms with Crippen LogP contribution in [0.5, 0.6) is 0 Å². The van der Waals surface area contributed by atoms with E-state index in [4.69, 9.17) is 0 Å². The van der Waals surface area contributed by atoms with Crippen LogP contribution in [-0.2, 0) is 9.59 Å². The van der Waals surface area contributed by atoms with Gasteiger partial charge in [0.15, 0.2) is 4.34 Å². The first-order valence-electron chi connectivity index (χ1n) is 9.87. The Morgan fingerprint density at radius 1 is 1.10 bits per heavy atom. The van der Waals surface area contributed by atoms with E-state index in [1.54, 1.807) is 6.08 Å². The fourth-order valence-corrected chi connectivity index (χ4v) is 4.72. The highest BCUT2D eigenvalue weighted by molar-refractivity contribution is 8.02. The van der Waals surface area contributed by atoms with Gasteiger partial charge in [0.1, 0.15) is 0 Å². The molecule has 160 valence electrons. The van der Waals surface area contributed by atoms with Crippen LogP contribution in [0.15, 0.2) is 58.9 Å². The number of hydrogen-bond acceptors (Lipinski definition) is 6. The van der Waals surface area contributed by atoms with Crippen LogP contribution >= 0.6 is 23.1 Å². The minimum Gasteiger partial charge on any atom is -0.325 e. The summed E-state index contributed by atoms with van der Waals surface area (Å²) in [6, 6.07) is 15.5. The summed E-state index contributed by atoms with van der Waals surface area (Å²) in [4.78, 5) is 24.8. The van der Waals surface area contributed by atoms with E-state index in [0.717, 1.165) is 22.4 Å². The van der Waals surface area contributed by atoms with E-state index in [1.807, 2.05) is 69.3 Å². The molecule has 2 N–H and O–H groups in total. The average Bonchev–Trinajstić information content (AvgIpc) is 3.20. The highest BCUT2D eigenvalue weighted by atomic mass is 32.2. The van der Waals surface area contributed by atoms with E-state index >= 15 is 0 Å². The molecule has 0 saturated carbocycles. The molecule has 0 fully saturated rings. The zero-order chi connectivity index (χ0) is 22.2. The molecular weight excluding hydrogens is 428 g/mol. The van der Waals surface area contributed by atoms with Crippen LogP contribution in [-0.4, -0.2) is 27.3 Å². The van der Waals surface area contributed by atoms with Gasteiger partial charge in [-0.05, 0) is 43.5 Å². The van der Waals surface area contributed by atoms with E-state index in [9.17, 15) is 9.59 Å². The molecule has 2 aromatic carbocycles. The smallest absolute Gasteiger partial charge is 0.250 e. The summed E-state index contributed by atoms with van der Waals surface area (Å²) < 4.78 is 0.630. The molecule has 0 saturated heterocycles. The van der Waals surface area contributed by atoms with E-state index in [1.165, 1.54) is 29.2 Å². The van der Waals surface area contributed by atoms with Crippen molar-refractivity contribution in [2.45, 2.75) is 36.8 Å². The molecule has 0 radical (unpaired) electrons. The molecule has 0 aliphatic carbocycles. The summed E-state index contributed by atoms with van der Waals surface area (Å²) >= 11 is 2.60. The number of carbonyl (C=O) groups is 2. The predicted molar refractivity (Wildman–Crippen MR) is 128 cm³/mol. The second-order valence-electron chi connectivity index (χ2n) is 6.93. The van der Waals surface area contributed by atoms with Gasteiger partial charge in [0.2, 0.25) is 16.9 Å². The van der Waals surface area contributed by atoms with Crippen molar-refractivity contribution >= 4 is 51.8 Å². The Morgan fingerprint density at radius 3 is 2.58 bits per heavy atom. The van der Waals surface area contributed by atoms with Crippen molar-refractivity contribution in [3.8, 4) is 0 Å². The van der Waals surface area contributed by atoms with Gasteiger partial charge in [0.25, 0.3) is 0 Å². The SMILES string of the molecule is CCC(Sc1nnc(NC(=O)/C=C/c2ccccc2)s1)C(=O)Nc1ccc(C)cc1C. The molecule has 0 bridgehead atoms. The van der Waals surface area contributed by atoms with Gasteiger partial charge < -0.3 is 5.32 Å². The van der Waals surface area contributed by atoms with Crippen molar-refractivity contribution in [3.05, 3.63) is 71.3 Å². The number of nitrogens with one attached hydrogen (secondary N) is 2. The summed E-state index contributed by atoms with van der Waals surface area (Å²) in [7, 11) is 0. The first-order chi connectivity index (χ1) is 14.9. The Balaban J connectivity index is 1.57. The average molecular weight is 453 g/mol. The van der Waals surface area contributed by atoms with Crippen molar-refractivity contribution in [3.63, 3.8) is 0 Å². The second-order valence-corrected chi connectivity index (χ2v) is 9.36. The minimum absolute atomic E-state index is 0.0777. The van der Waals surface area contributed by atoms with Gasteiger partial charge in [-0.15, -0.1) is 10.2 Å². The van der Waals surface area contributed by atoms with Crippen molar-refractivity contribution in [2.75, 3.05) is 10.6 Å². The molecule has 8 heteroatoms. The monoisotopic (exact) mass is 452 g/mol. The molecule has 1 aromatic heterocycles. The Hall–Kier alpha value is -2.97. The number of nitrogens with zero attached hydrogens (tertiary/aromatic N) is 2. The number of anilines is 2. The highest BCUT2D eigenvalue weighted by Crippen LogP contribution is 2.31. The number of rotatable bonds is 8. The van der Waals surface area contributed by atoms with Gasteiger partial charge in [0, 0.05) is 11.8 Å². The van der Waals surface area contributed by atoms with Crippen LogP contribution in [0, 0.1) is 13.8 Å². The predicted octanol–water partition coefficient (Wildman–Crippen LogP) is 5.32. The first kappa shape index (κ1) is 22.7. The van der Waals surface area contributed by atoms with Crippen LogP contribution in [0.1, 0.15) is 30.0 Å². The summed E-state index contributed by atoms with van der Waals surface area (Å²) in [6.07, 6.45) is 3.83. The number of hydrogen-bond donors (Lipinski definition) is 2. The first-order valence-corrected chi connectivity index (χ1v) is 11.6. The fourth-order valence-electron chi connectivity index (χ4n) is 2.80. The third-order valence-electron chi connectivity index (χ3n) is 4.41. The third kappa shape index (κ3) is 6.77. The van der Waals surface area contributed by atoms with Crippen LogP contribution < -0.4 is 10.6 Å². The fraction of sp³-hybridized carbons (Fsp3) is 0.217. The maximum atomic E-state index is 12.7. The molecule has 1 heterocycles. The van der Waals surface area contributed by atoms with Crippen LogP contribution in [0.3, 0.4) is 0 Å². The quantitative estimate of drug-likeness (QED) is 0.275. The lowest BCUT2D eigenvalue weighted by molar-refractivity contribution is -0.115.